The zero-order valence-electron chi connectivity index (χ0n) is 15.9. The lowest BCUT2D eigenvalue weighted by atomic mass is 10.1. The first-order valence-electron chi connectivity index (χ1n) is 9.19. The van der Waals surface area contributed by atoms with E-state index >= 15 is 0 Å². The molecule has 4 rings (SSSR count). The Morgan fingerprint density at radius 1 is 1.21 bits per heavy atom. The number of ether oxygens (including phenoxy) is 4. The Labute approximate surface area is 162 Å². The lowest BCUT2D eigenvalue weighted by molar-refractivity contribution is 0.00763. The van der Waals surface area contributed by atoms with Crippen LogP contribution >= 0.6 is 0 Å². The SMILES string of the molecule is COc1ccc(NC(=O)OC2COC3C2OCC3n2nnnc2C(C)C)cc1. The highest BCUT2D eigenvalue weighted by Gasteiger charge is 2.51. The van der Waals surface area contributed by atoms with Crippen molar-refractivity contribution in [2.45, 2.75) is 44.1 Å². The molecule has 3 heterocycles. The maximum absolute atomic E-state index is 12.3. The summed E-state index contributed by atoms with van der Waals surface area (Å²) in [4.78, 5) is 12.3. The molecule has 1 aromatic heterocycles. The third-order valence-electron chi connectivity index (χ3n) is 4.93. The third-order valence-corrected chi connectivity index (χ3v) is 4.93. The molecule has 2 aliphatic rings. The predicted octanol–water partition coefficient (Wildman–Crippen LogP) is 1.76. The average molecular weight is 389 g/mol. The summed E-state index contributed by atoms with van der Waals surface area (Å²) in [6.07, 6.45) is -1.67. The summed E-state index contributed by atoms with van der Waals surface area (Å²) >= 11 is 0. The largest absolute Gasteiger partial charge is 0.497 e. The molecule has 0 bridgehead atoms. The van der Waals surface area contributed by atoms with E-state index in [1.165, 1.54) is 0 Å². The van der Waals surface area contributed by atoms with Gasteiger partial charge in [-0.05, 0) is 34.7 Å². The summed E-state index contributed by atoms with van der Waals surface area (Å²) in [5.41, 5.74) is 0.613. The highest BCUT2D eigenvalue weighted by molar-refractivity contribution is 5.84. The van der Waals surface area contributed by atoms with Crippen molar-refractivity contribution in [3.63, 3.8) is 0 Å². The molecule has 0 spiro atoms. The molecule has 10 heteroatoms. The lowest BCUT2D eigenvalue weighted by Crippen LogP contribution is -2.35. The zero-order valence-corrected chi connectivity index (χ0v) is 15.9. The molecule has 1 amide bonds. The Balaban J connectivity index is 1.37. The number of methoxy groups -OCH3 is 1. The minimum Gasteiger partial charge on any atom is -0.497 e. The molecule has 4 unspecified atom stereocenters. The fourth-order valence-electron chi connectivity index (χ4n) is 3.53. The molecule has 2 aliphatic heterocycles. The molecule has 1 aromatic carbocycles. The van der Waals surface area contributed by atoms with Gasteiger partial charge in [0.05, 0.1) is 20.3 Å². The van der Waals surface area contributed by atoms with Gasteiger partial charge in [0, 0.05) is 11.6 Å². The van der Waals surface area contributed by atoms with Crippen molar-refractivity contribution in [2.75, 3.05) is 25.6 Å². The van der Waals surface area contributed by atoms with Crippen LogP contribution in [0.1, 0.15) is 31.6 Å². The molecular formula is C18H23N5O5. The van der Waals surface area contributed by atoms with Crippen molar-refractivity contribution in [3.05, 3.63) is 30.1 Å². The van der Waals surface area contributed by atoms with Crippen LogP contribution in [-0.4, -0.2) is 64.9 Å². The number of amides is 1. The highest BCUT2D eigenvalue weighted by atomic mass is 16.6. The summed E-state index contributed by atoms with van der Waals surface area (Å²) < 4.78 is 24.2. The topological polar surface area (TPSA) is 110 Å². The molecular weight excluding hydrogens is 366 g/mol. The smallest absolute Gasteiger partial charge is 0.412 e. The molecule has 2 aromatic rings. The van der Waals surface area contributed by atoms with E-state index in [2.05, 4.69) is 20.8 Å². The van der Waals surface area contributed by atoms with E-state index in [9.17, 15) is 4.79 Å². The number of carbonyl (C=O) groups is 1. The van der Waals surface area contributed by atoms with Gasteiger partial charge in [0.1, 0.15) is 24.0 Å². The number of nitrogens with zero attached hydrogens (tertiary/aromatic N) is 4. The number of anilines is 1. The van der Waals surface area contributed by atoms with Crippen LogP contribution in [0.2, 0.25) is 0 Å². The molecule has 4 atom stereocenters. The van der Waals surface area contributed by atoms with Crippen LogP contribution in [0.25, 0.3) is 0 Å². The molecule has 2 saturated heterocycles. The van der Waals surface area contributed by atoms with E-state index in [4.69, 9.17) is 18.9 Å². The van der Waals surface area contributed by atoms with Crippen molar-refractivity contribution in [2.24, 2.45) is 0 Å². The minimum atomic E-state index is -0.559. The van der Waals surface area contributed by atoms with Crippen molar-refractivity contribution < 1.29 is 23.7 Å². The Hall–Kier alpha value is -2.72. The number of aromatic nitrogens is 4. The van der Waals surface area contributed by atoms with Crippen LogP contribution < -0.4 is 10.1 Å². The van der Waals surface area contributed by atoms with Crippen LogP contribution in [0, 0.1) is 0 Å². The van der Waals surface area contributed by atoms with Crippen molar-refractivity contribution in [3.8, 4) is 5.75 Å². The van der Waals surface area contributed by atoms with Gasteiger partial charge in [-0.3, -0.25) is 5.32 Å². The van der Waals surface area contributed by atoms with E-state index in [-0.39, 0.29) is 30.8 Å². The molecule has 0 radical (unpaired) electrons. The van der Waals surface area contributed by atoms with Crippen molar-refractivity contribution in [1.29, 1.82) is 0 Å². The number of tetrazole rings is 1. The van der Waals surface area contributed by atoms with Gasteiger partial charge in [-0.15, -0.1) is 5.10 Å². The lowest BCUT2D eigenvalue weighted by Gasteiger charge is -2.18. The van der Waals surface area contributed by atoms with Gasteiger partial charge in [-0.2, -0.15) is 0 Å². The van der Waals surface area contributed by atoms with Gasteiger partial charge in [-0.25, -0.2) is 9.48 Å². The van der Waals surface area contributed by atoms with E-state index in [1.54, 1.807) is 36.1 Å². The zero-order chi connectivity index (χ0) is 19.7. The second-order valence-corrected chi connectivity index (χ2v) is 7.10. The Morgan fingerprint density at radius 3 is 2.68 bits per heavy atom. The van der Waals surface area contributed by atoms with E-state index in [1.807, 2.05) is 13.8 Å². The second kappa shape index (κ2) is 7.72. The normalized spacial score (nSPS) is 26.3. The van der Waals surface area contributed by atoms with Crippen LogP contribution in [0.15, 0.2) is 24.3 Å². The molecule has 1 N–H and O–H groups in total. The van der Waals surface area contributed by atoms with E-state index in [0.29, 0.717) is 18.0 Å². The summed E-state index contributed by atoms with van der Waals surface area (Å²) in [6.45, 7) is 4.72. The minimum absolute atomic E-state index is 0.143. The quantitative estimate of drug-likeness (QED) is 0.824. The van der Waals surface area contributed by atoms with Gasteiger partial charge in [-0.1, -0.05) is 13.8 Å². The number of hydrogen-bond donors (Lipinski definition) is 1. The van der Waals surface area contributed by atoms with Crippen molar-refractivity contribution in [1.82, 2.24) is 20.2 Å². The number of hydrogen-bond acceptors (Lipinski definition) is 8. The molecule has 0 aliphatic carbocycles. The summed E-state index contributed by atoms with van der Waals surface area (Å²) in [5.74, 6) is 1.66. The number of carbonyl (C=O) groups excluding carboxylic acids is 1. The fourth-order valence-corrected chi connectivity index (χ4v) is 3.53. The van der Waals surface area contributed by atoms with E-state index in [0.717, 1.165) is 5.82 Å². The first kappa shape index (κ1) is 18.6. The van der Waals surface area contributed by atoms with Crippen LogP contribution in [0.3, 0.4) is 0 Å². The summed E-state index contributed by atoms with van der Waals surface area (Å²) in [7, 11) is 1.58. The molecule has 10 nitrogen and oxygen atoms in total. The average Bonchev–Trinajstić information content (AvgIpc) is 3.39. The van der Waals surface area contributed by atoms with Crippen LogP contribution in [0.4, 0.5) is 10.5 Å². The first-order valence-corrected chi connectivity index (χ1v) is 9.19. The van der Waals surface area contributed by atoms with Crippen LogP contribution in [-0.2, 0) is 14.2 Å². The highest BCUT2D eigenvalue weighted by Crippen LogP contribution is 2.36. The van der Waals surface area contributed by atoms with E-state index < -0.39 is 12.2 Å². The van der Waals surface area contributed by atoms with Crippen LogP contribution in [0.5, 0.6) is 5.75 Å². The van der Waals surface area contributed by atoms with Gasteiger partial charge >= 0.3 is 6.09 Å². The third kappa shape index (κ3) is 3.52. The fraction of sp³-hybridized carbons (Fsp3) is 0.556. The second-order valence-electron chi connectivity index (χ2n) is 7.10. The summed E-state index contributed by atoms with van der Waals surface area (Å²) in [6, 6.07) is 6.85. The maximum atomic E-state index is 12.3. The number of nitrogens with one attached hydrogen (secondary N) is 1. The molecule has 0 saturated carbocycles. The van der Waals surface area contributed by atoms with Gasteiger partial charge in [0.25, 0.3) is 0 Å². The number of rotatable bonds is 5. The standard InChI is InChI=1S/C18H23N5O5/c1-10(2)17-20-21-22-23(17)13-8-26-16-14(9-27-15(13)16)28-18(24)19-11-4-6-12(25-3)7-5-11/h4-7,10,13-16H,8-9H2,1-3H3,(H,19,24). The van der Waals surface area contributed by atoms with Gasteiger partial charge in [0.15, 0.2) is 11.9 Å². The Morgan fingerprint density at radius 2 is 1.96 bits per heavy atom. The number of fused-ring (bicyclic) bond motifs is 1. The number of benzene rings is 1. The molecule has 150 valence electrons. The summed E-state index contributed by atoms with van der Waals surface area (Å²) in [5, 5.41) is 14.7. The van der Waals surface area contributed by atoms with Gasteiger partial charge in [0.2, 0.25) is 0 Å². The molecule has 28 heavy (non-hydrogen) atoms. The Bertz CT molecular complexity index is 824. The predicted molar refractivity (Wildman–Crippen MR) is 97.3 cm³/mol. The van der Waals surface area contributed by atoms with Gasteiger partial charge < -0.3 is 18.9 Å². The monoisotopic (exact) mass is 389 g/mol. The Kier molecular flexibility index (Phi) is 5.14. The maximum Gasteiger partial charge on any atom is 0.412 e. The molecule has 2 fully saturated rings. The van der Waals surface area contributed by atoms with Crippen molar-refractivity contribution >= 4 is 11.8 Å². The first-order chi connectivity index (χ1) is 13.6.